The fourth-order valence-corrected chi connectivity index (χ4v) is 3.15. The number of aromatic hydroxyl groups is 1. The molecule has 0 fully saturated rings. The van der Waals surface area contributed by atoms with E-state index in [1.54, 1.807) is 48.5 Å². The van der Waals surface area contributed by atoms with Gasteiger partial charge in [-0.25, -0.2) is 0 Å². The Kier molecular flexibility index (Phi) is 6.19. The third-order valence-electron chi connectivity index (χ3n) is 3.21. The summed E-state index contributed by atoms with van der Waals surface area (Å²) >= 11 is 12.7. The number of anilines is 1. The van der Waals surface area contributed by atoms with E-state index in [1.807, 2.05) is 0 Å². The molecule has 1 heterocycles. The molecule has 4 N–H and O–H groups in total. The van der Waals surface area contributed by atoms with E-state index in [9.17, 15) is 9.90 Å². The Labute approximate surface area is 173 Å². The molecule has 142 valence electrons. The number of primary amides is 1. The molecule has 28 heavy (non-hydrogen) atoms. The van der Waals surface area contributed by atoms with E-state index < -0.39 is 11.8 Å². The average molecular weight is 435 g/mol. The van der Waals surface area contributed by atoms with E-state index >= 15 is 0 Å². The summed E-state index contributed by atoms with van der Waals surface area (Å²) in [5.41, 5.74) is 8.93. The topological polar surface area (TPSA) is 125 Å². The standard InChI is InChI=1S/C17H12Cl2N6O2S/c18-9-3-1-5-11(7-9)22-24-13(14(20)26)16-21-15(27)17(28-16)25-23-12-6-2-4-10(19)8-12/h1-8,22,27H,(H2,20,26). The molecule has 3 aromatic rings. The number of rotatable bonds is 6. The van der Waals surface area contributed by atoms with Crippen molar-refractivity contribution in [2.45, 2.75) is 0 Å². The molecule has 0 saturated heterocycles. The first-order chi connectivity index (χ1) is 13.4. The molecule has 0 spiro atoms. The maximum atomic E-state index is 11.8. The number of carbonyl (C=O) groups is 1. The molecule has 0 radical (unpaired) electrons. The smallest absolute Gasteiger partial charge is 0.272 e. The first-order valence-corrected chi connectivity index (χ1v) is 9.26. The van der Waals surface area contributed by atoms with E-state index in [4.69, 9.17) is 28.9 Å². The van der Waals surface area contributed by atoms with Gasteiger partial charge in [-0.2, -0.15) is 10.1 Å². The van der Waals surface area contributed by atoms with Crippen LogP contribution in [0.1, 0.15) is 5.01 Å². The molecular weight excluding hydrogens is 423 g/mol. The lowest BCUT2D eigenvalue weighted by molar-refractivity contribution is -0.111. The highest BCUT2D eigenvalue weighted by atomic mass is 35.5. The Bertz CT molecular complexity index is 1080. The Morgan fingerprint density at radius 2 is 1.82 bits per heavy atom. The molecule has 0 unspecified atom stereocenters. The van der Waals surface area contributed by atoms with Crippen LogP contribution in [0, 0.1) is 0 Å². The van der Waals surface area contributed by atoms with Crippen LogP contribution in [0.15, 0.2) is 63.9 Å². The van der Waals surface area contributed by atoms with Gasteiger partial charge in [0.1, 0.15) is 0 Å². The van der Waals surface area contributed by atoms with Crippen LogP contribution in [-0.4, -0.2) is 21.7 Å². The maximum Gasteiger partial charge on any atom is 0.272 e. The van der Waals surface area contributed by atoms with Gasteiger partial charge in [-0.3, -0.25) is 10.2 Å². The third-order valence-corrected chi connectivity index (χ3v) is 4.62. The van der Waals surface area contributed by atoms with Crippen LogP contribution in [0.2, 0.25) is 10.0 Å². The van der Waals surface area contributed by atoms with Crippen LogP contribution in [0.25, 0.3) is 0 Å². The number of nitrogens with two attached hydrogens (primary N) is 1. The molecule has 11 heteroatoms. The van der Waals surface area contributed by atoms with Crippen LogP contribution in [0.4, 0.5) is 16.4 Å². The molecule has 3 rings (SSSR count). The van der Waals surface area contributed by atoms with E-state index in [0.29, 0.717) is 21.4 Å². The average Bonchev–Trinajstić information content (AvgIpc) is 3.00. The van der Waals surface area contributed by atoms with Gasteiger partial charge in [0.25, 0.3) is 11.8 Å². The fourth-order valence-electron chi connectivity index (χ4n) is 2.00. The van der Waals surface area contributed by atoms with Crippen LogP contribution >= 0.6 is 34.5 Å². The van der Waals surface area contributed by atoms with Crippen molar-refractivity contribution < 1.29 is 9.90 Å². The summed E-state index contributed by atoms with van der Waals surface area (Å²) in [6, 6.07) is 13.5. The number of hydrogen-bond donors (Lipinski definition) is 3. The predicted molar refractivity (Wildman–Crippen MR) is 110 cm³/mol. The first-order valence-electron chi connectivity index (χ1n) is 7.69. The zero-order valence-electron chi connectivity index (χ0n) is 14.0. The quantitative estimate of drug-likeness (QED) is 0.290. The second kappa shape index (κ2) is 8.79. The van der Waals surface area contributed by atoms with Crippen molar-refractivity contribution in [2.24, 2.45) is 21.1 Å². The number of nitrogens with zero attached hydrogens (tertiary/aromatic N) is 4. The number of hydrogen-bond acceptors (Lipinski definition) is 8. The van der Waals surface area contributed by atoms with Crippen LogP contribution in [-0.2, 0) is 4.79 Å². The molecule has 0 aliphatic carbocycles. The molecule has 2 aromatic carbocycles. The van der Waals surface area contributed by atoms with Gasteiger partial charge in [-0.15, -0.1) is 10.2 Å². The number of carbonyl (C=O) groups excluding carboxylic acids is 1. The summed E-state index contributed by atoms with van der Waals surface area (Å²) in [4.78, 5) is 15.7. The molecule has 0 aliphatic heterocycles. The molecule has 1 amide bonds. The minimum atomic E-state index is -0.832. The number of benzene rings is 2. The second-order valence-corrected chi connectivity index (χ2v) is 7.12. The van der Waals surface area contributed by atoms with Crippen molar-refractivity contribution >= 4 is 62.5 Å². The van der Waals surface area contributed by atoms with Gasteiger partial charge in [0.15, 0.2) is 10.7 Å². The number of halogens is 2. The number of thiazole rings is 1. The Morgan fingerprint density at radius 1 is 1.11 bits per heavy atom. The number of hydrazone groups is 1. The Hall–Kier alpha value is -3.01. The lowest BCUT2D eigenvalue weighted by atomic mass is 10.3. The summed E-state index contributed by atoms with van der Waals surface area (Å²) in [5.74, 6) is -1.23. The first kappa shape index (κ1) is 19.7. The lowest BCUT2D eigenvalue weighted by Crippen LogP contribution is -2.25. The molecule has 8 nitrogen and oxygen atoms in total. The molecule has 0 saturated carbocycles. The number of nitrogens with one attached hydrogen (secondary N) is 1. The van der Waals surface area contributed by atoms with Gasteiger partial charge in [-0.1, -0.05) is 46.7 Å². The zero-order chi connectivity index (χ0) is 20.1. The highest BCUT2D eigenvalue weighted by Gasteiger charge is 2.19. The number of aromatic nitrogens is 1. The number of azo groups is 1. The minimum Gasteiger partial charge on any atom is -0.491 e. The summed E-state index contributed by atoms with van der Waals surface area (Å²) in [7, 11) is 0. The van der Waals surface area contributed by atoms with Gasteiger partial charge in [0.2, 0.25) is 5.00 Å². The van der Waals surface area contributed by atoms with Crippen LogP contribution in [0.3, 0.4) is 0 Å². The summed E-state index contributed by atoms with van der Waals surface area (Å²) in [5, 5.41) is 23.1. The third kappa shape index (κ3) is 5.03. The fraction of sp³-hybridized carbons (Fsp3) is 0. The summed E-state index contributed by atoms with van der Waals surface area (Å²) in [6.45, 7) is 0. The van der Waals surface area contributed by atoms with E-state index in [-0.39, 0.29) is 15.7 Å². The van der Waals surface area contributed by atoms with Crippen LogP contribution < -0.4 is 11.2 Å². The van der Waals surface area contributed by atoms with Crippen molar-refractivity contribution in [1.29, 1.82) is 0 Å². The zero-order valence-corrected chi connectivity index (χ0v) is 16.3. The van der Waals surface area contributed by atoms with Gasteiger partial charge in [-0.05, 0) is 36.4 Å². The van der Waals surface area contributed by atoms with E-state index in [2.05, 4.69) is 25.7 Å². The van der Waals surface area contributed by atoms with E-state index in [1.165, 1.54) is 0 Å². The van der Waals surface area contributed by atoms with Crippen molar-refractivity contribution in [1.82, 2.24) is 4.98 Å². The second-order valence-electron chi connectivity index (χ2n) is 5.27. The molecule has 1 aromatic heterocycles. The van der Waals surface area contributed by atoms with Crippen molar-refractivity contribution in [3.8, 4) is 5.88 Å². The van der Waals surface area contributed by atoms with Crippen molar-refractivity contribution in [3.63, 3.8) is 0 Å². The number of amides is 1. The predicted octanol–water partition coefficient (Wildman–Crippen LogP) is 4.87. The van der Waals surface area contributed by atoms with Crippen molar-refractivity contribution in [3.05, 3.63) is 63.6 Å². The molecule has 0 bridgehead atoms. The van der Waals surface area contributed by atoms with Crippen molar-refractivity contribution in [2.75, 3.05) is 5.43 Å². The molecule has 0 atom stereocenters. The highest BCUT2D eigenvalue weighted by molar-refractivity contribution is 7.18. The van der Waals surface area contributed by atoms with Gasteiger partial charge >= 0.3 is 0 Å². The summed E-state index contributed by atoms with van der Waals surface area (Å²) < 4.78 is 0. The Morgan fingerprint density at radius 3 is 2.50 bits per heavy atom. The van der Waals surface area contributed by atoms with Crippen LogP contribution in [0.5, 0.6) is 5.88 Å². The minimum absolute atomic E-state index is 0.0829. The highest BCUT2D eigenvalue weighted by Crippen LogP contribution is 2.35. The maximum absolute atomic E-state index is 11.8. The lowest BCUT2D eigenvalue weighted by Gasteiger charge is -2.02. The molecular formula is C17H12Cl2N6O2S. The molecule has 0 aliphatic rings. The van der Waals surface area contributed by atoms with E-state index in [0.717, 1.165) is 11.3 Å². The van der Waals surface area contributed by atoms with Gasteiger partial charge in [0, 0.05) is 10.0 Å². The largest absolute Gasteiger partial charge is 0.491 e. The Balaban J connectivity index is 1.85. The monoisotopic (exact) mass is 434 g/mol. The SMILES string of the molecule is NC(=O)C(=NNc1cccc(Cl)c1)c1nc(O)c(N=Nc2cccc(Cl)c2)s1. The summed E-state index contributed by atoms with van der Waals surface area (Å²) in [6.07, 6.45) is 0. The normalized spacial score (nSPS) is 11.7. The van der Waals surface area contributed by atoms with Gasteiger partial charge in [0.05, 0.1) is 11.4 Å². The van der Waals surface area contributed by atoms with Gasteiger partial charge < -0.3 is 10.8 Å².